The largest absolute Gasteiger partial charge is 0.456 e. The van der Waals surface area contributed by atoms with Crippen molar-refractivity contribution in [1.82, 2.24) is 29.9 Å². The van der Waals surface area contributed by atoms with E-state index in [1.807, 2.05) is 164 Å². The van der Waals surface area contributed by atoms with Gasteiger partial charge in [-0.15, -0.1) is 0 Å². The van der Waals surface area contributed by atoms with E-state index in [0.717, 1.165) is 55.3 Å². The fraction of sp³-hybridized carbons (Fsp3) is 0. The number of rotatable bonds is 7. The Kier molecular flexibility index (Phi) is 8.36. The van der Waals surface area contributed by atoms with Crippen LogP contribution >= 0.6 is 0 Å². The standard InChI is InChI=1S/C49H29N7O/c50-30-31-12-10-19-37(28-31)32-22-24-36(25-23-32)47-52-46(35-17-8-3-9-18-35)55-49(56-47)40-20-11-21-41-43(40)39-27-26-38(29-42(39)57-41)48-53-44(33-13-4-1-5-14-33)51-45(54-48)34-15-6-2-7-16-34/h1-29H. The van der Waals surface area contributed by atoms with Crippen molar-refractivity contribution < 1.29 is 4.42 Å². The summed E-state index contributed by atoms with van der Waals surface area (Å²) in [6, 6.07) is 59.6. The molecule has 10 aromatic rings. The normalized spacial score (nSPS) is 11.1. The second-order valence-corrected chi connectivity index (χ2v) is 13.5. The molecule has 57 heavy (non-hydrogen) atoms. The second kappa shape index (κ2) is 14.3. The van der Waals surface area contributed by atoms with Crippen LogP contribution in [0, 0.1) is 11.3 Å². The van der Waals surface area contributed by atoms with Gasteiger partial charge in [-0.2, -0.15) is 5.26 Å². The van der Waals surface area contributed by atoms with Crippen LogP contribution in [0.5, 0.6) is 0 Å². The average molecular weight is 732 g/mol. The fourth-order valence-electron chi connectivity index (χ4n) is 7.01. The van der Waals surface area contributed by atoms with Crippen molar-refractivity contribution in [1.29, 1.82) is 5.26 Å². The van der Waals surface area contributed by atoms with E-state index < -0.39 is 0 Å². The highest BCUT2D eigenvalue weighted by atomic mass is 16.3. The van der Waals surface area contributed by atoms with Crippen LogP contribution in [0.1, 0.15) is 5.56 Å². The van der Waals surface area contributed by atoms with Crippen molar-refractivity contribution in [2.45, 2.75) is 0 Å². The third kappa shape index (κ3) is 6.45. The monoisotopic (exact) mass is 731 g/mol. The van der Waals surface area contributed by atoms with Crippen LogP contribution < -0.4 is 0 Å². The first-order valence-corrected chi connectivity index (χ1v) is 18.4. The maximum atomic E-state index is 9.42. The van der Waals surface area contributed by atoms with Crippen molar-refractivity contribution in [3.05, 3.63) is 181 Å². The zero-order valence-electron chi connectivity index (χ0n) is 30.3. The van der Waals surface area contributed by atoms with Crippen LogP contribution in [0.2, 0.25) is 0 Å². The lowest BCUT2D eigenvalue weighted by Crippen LogP contribution is -2.00. The lowest BCUT2D eigenvalue weighted by molar-refractivity contribution is 0.669. The average Bonchev–Trinajstić information content (AvgIpc) is 3.68. The molecule has 0 saturated carbocycles. The Morgan fingerprint density at radius 2 is 0.807 bits per heavy atom. The Bertz CT molecular complexity index is 3060. The van der Waals surface area contributed by atoms with Crippen LogP contribution in [-0.4, -0.2) is 29.9 Å². The molecule has 0 aliphatic rings. The molecular formula is C49H29N7O. The molecule has 7 aromatic carbocycles. The zero-order chi connectivity index (χ0) is 38.1. The van der Waals surface area contributed by atoms with Gasteiger partial charge in [-0.25, -0.2) is 29.9 Å². The first-order valence-electron chi connectivity index (χ1n) is 18.4. The molecule has 0 bridgehead atoms. The lowest BCUT2D eigenvalue weighted by atomic mass is 10.0. The van der Waals surface area contributed by atoms with E-state index in [-0.39, 0.29) is 0 Å². The third-order valence-corrected chi connectivity index (χ3v) is 9.83. The molecular weight excluding hydrogens is 703 g/mol. The molecule has 10 rings (SSSR count). The SMILES string of the molecule is N#Cc1cccc(-c2ccc(-c3nc(-c4ccccc4)nc(-c4cccc5oc6cc(-c7nc(-c8ccccc8)nc(-c8ccccc8)n7)ccc6c45)n3)cc2)c1. The van der Waals surface area contributed by atoms with Gasteiger partial charge in [-0.1, -0.05) is 146 Å². The highest BCUT2D eigenvalue weighted by Crippen LogP contribution is 2.38. The number of hydrogen-bond donors (Lipinski definition) is 0. The van der Waals surface area contributed by atoms with Crippen LogP contribution in [0.3, 0.4) is 0 Å². The molecule has 0 N–H and O–H groups in total. The molecule has 0 saturated heterocycles. The van der Waals surface area contributed by atoms with Crippen LogP contribution in [0.25, 0.3) is 101 Å². The minimum absolute atomic E-state index is 0.527. The summed E-state index contributed by atoms with van der Waals surface area (Å²) in [6.07, 6.45) is 0. The maximum Gasteiger partial charge on any atom is 0.164 e. The molecule has 0 unspecified atom stereocenters. The molecule has 0 amide bonds. The number of benzene rings is 7. The molecule has 0 atom stereocenters. The number of hydrogen-bond acceptors (Lipinski definition) is 8. The van der Waals surface area contributed by atoms with E-state index in [2.05, 4.69) is 12.1 Å². The second-order valence-electron chi connectivity index (χ2n) is 13.5. The summed E-state index contributed by atoms with van der Waals surface area (Å²) in [7, 11) is 0. The van der Waals surface area contributed by atoms with Crippen molar-refractivity contribution >= 4 is 21.9 Å². The summed E-state index contributed by atoms with van der Waals surface area (Å²) in [4.78, 5) is 29.8. The van der Waals surface area contributed by atoms with E-state index in [1.165, 1.54) is 0 Å². The third-order valence-electron chi connectivity index (χ3n) is 9.83. The van der Waals surface area contributed by atoms with Crippen molar-refractivity contribution in [3.8, 4) is 85.5 Å². The highest BCUT2D eigenvalue weighted by molar-refractivity contribution is 6.12. The smallest absolute Gasteiger partial charge is 0.164 e. The number of nitrogens with zero attached hydrogens (tertiary/aromatic N) is 7. The summed E-state index contributed by atoms with van der Waals surface area (Å²) in [5, 5.41) is 11.2. The molecule has 8 heteroatoms. The van der Waals surface area contributed by atoms with E-state index in [9.17, 15) is 5.26 Å². The van der Waals surface area contributed by atoms with E-state index >= 15 is 0 Å². The van der Waals surface area contributed by atoms with Crippen LogP contribution in [0.4, 0.5) is 0 Å². The predicted octanol–water partition coefficient (Wildman–Crippen LogP) is 11.5. The van der Waals surface area contributed by atoms with Gasteiger partial charge in [0.1, 0.15) is 11.2 Å². The Hall–Kier alpha value is -8.15. The Morgan fingerprint density at radius 3 is 1.37 bits per heavy atom. The molecule has 0 radical (unpaired) electrons. The Balaban J connectivity index is 1.09. The summed E-state index contributed by atoms with van der Waals surface area (Å²) >= 11 is 0. The Morgan fingerprint density at radius 1 is 0.351 bits per heavy atom. The zero-order valence-corrected chi connectivity index (χ0v) is 30.3. The van der Waals surface area contributed by atoms with Crippen LogP contribution in [0.15, 0.2) is 180 Å². The number of furan rings is 1. The topological polar surface area (TPSA) is 114 Å². The van der Waals surface area contributed by atoms with Crippen molar-refractivity contribution in [3.63, 3.8) is 0 Å². The highest BCUT2D eigenvalue weighted by Gasteiger charge is 2.19. The summed E-state index contributed by atoms with van der Waals surface area (Å²) in [5.74, 6) is 3.36. The molecule has 0 aliphatic carbocycles. The first-order chi connectivity index (χ1) is 28.2. The molecule has 3 heterocycles. The van der Waals surface area contributed by atoms with E-state index in [0.29, 0.717) is 51.7 Å². The first kappa shape index (κ1) is 33.4. The summed E-state index contributed by atoms with van der Waals surface area (Å²) in [5.41, 5.74) is 9.11. The number of aromatic nitrogens is 6. The lowest BCUT2D eigenvalue weighted by Gasteiger charge is -2.10. The van der Waals surface area contributed by atoms with Gasteiger partial charge in [0.05, 0.1) is 11.6 Å². The Labute approximate surface area is 327 Å². The quantitative estimate of drug-likeness (QED) is 0.159. The maximum absolute atomic E-state index is 9.42. The van der Waals surface area contributed by atoms with Crippen LogP contribution in [-0.2, 0) is 0 Å². The van der Waals surface area contributed by atoms with Crippen molar-refractivity contribution in [2.75, 3.05) is 0 Å². The van der Waals surface area contributed by atoms with Gasteiger partial charge < -0.3 is 4.42 Å². The summed E-state index contributed by atoms with van der Waals surface area (Å²) < 4.78 is 6.55. The molecule has 0 spiro atoms. The molecule has 266 valence electrons. The van der Waals surface area contributed by atoms with Gasteiger partial charge in [-0.3, -0.25) is 0 Å². The summed E-state index contributed by atoms with van der Waals surface area (Å²) in [6.45, 7) is 0. The van der Waals surface area contributed by atoms with Gasteiger partial charge in [0.2, 0.25) is 0 Å². The minimum atomic E-state index is 0.527. The van der Waals surface area contributed by atoms with Gasteiger partial charge in [0, 0.05) is 44.2 Å². The van der Waals surface area contributed by atoms with Gasteiger partial charge in [0.25, 0.3) is 0 Å². The number of fused-ring (bicyclic) bond motifs is 3. The molecule has 0 aliphatic heterocycles. The minimum Gasteiger partial charge on any atom is -0.456 e. The van der Waals surface area contributed by atoms with Gasteiger partial charge >= 0.3 is 0 Å². The molecule has 3 aromatic heterocycles. The molecule has 8 nitrogen and oxygen atoms in total. The van der Waals surface area contributed by atoms with Crippen molar-refractivity contribution in [2.24, 2.45) is 0 Å². The number of nitriles is 1. The van der Waals surface area contributed by atoms with E-state index in [4.69, 9.17) is 34.3 Å². The van der Waals surface area contributed by atoms with Gasteiger partial charge in [0.15, 0.2) is 34.9 Å². The predicted molar refractivity (Wildman–Crippen MR) is 223 cm³/mol. The van der Waals surface area contributed by atoms with E-state index in [1.54, 1.807) is 6.07 Å². The molecule has 0 fully saturated rings. The van der Waals surface area contributed by atoms with Gasteiger partial charge in [-0.05, 0) is 41.5 Å². The fourth-order valence-corrected chi connectivity index (χ4v) is 7.01.